The quantitative estimate of drug-likeness (QED) is 0.735. The van der Waals surface area contributed by atoms with E-state index in [0.29, 0.717) is 5.76 Å². The second-order valence-electron chi connectivity index (χ2n) is 6.89. The number of rotatable bonds is 2. The highest BCUT2D eigenvalue weighted by Crippen LogP contribution is 2.29. The van der Waals surface area contributed by atoms with Crippen LogP contribution in [0.1, 0.15) is 63.4 Å². The molecule has 0 atom stereocenters. The van der Waals surface area contributed by atoms with E-state index in [1.54, 1.807) is 0 Å². The predicted octanol–water partition coefficient (Wildman–Crippen LogP) is 3.80. The second kappa shape index (κ2) is 4.28. The van der Waals surface area contributed by atoms with Crippen molar-refractivity contribution in [1.29, 1.82) is 0 Å². The van der Waals surface area contributed by atoms with E-state index in [4.69, 9.17) is 4.52 Å². The Morgan fingerprint density at radius 3 is 2.12 bits per heavy atom. The van der Waals surface area contributed by atoms with Gasteiger partial charge in [-0.05, 0) is 18.8 Å². The van der Waals surface area contributed by atoms with Crippen LogP contribution in [-0.4, -0.2) is 10.9 Å². The number of aryl methyl sites for hydroxylation is 1. The lowest BCUT2D eigenvalue weighted by molar-refractivity contribution is 0.0816. The van der Waals surface area contributed by atoms with Gasteiger partial charge >= 0.3 is 0 Å². The minimum absolute atomic E-state index is 0.0253. The molecular weight excluding hydrogens is 214 g/mol. The van der Waals surface area contributed by atoms with Gasteiger partial charge in [0.1, 0.15) is 0 Å². The van der Waals surface area contributed by atoms with Gasteiger partial charge in [-0.3, -0.25) is 4.79 Å². The van der Waals surface area contributed by atoms with Crippen molar-refractivity contribution < 1.29 is 9.32 Å². The lowest BCUT2D eigenvalue weighted by Gasteiger charge is -2.20. The number of Topliss-reactive ketones (excluding diaryl/α,β-unsaturated/α-hetero) is 1. The normalized spacial score (nSPS) is 12.9. The molecule has 0 saturated heterocycles. The number of nitrogens with zero attached hydrogens (tertiary/aromatic N) is 1. The van der Waals surface area contributed by atoms with Crippen LogP contribution in [0.15, 0.2) is 4.52 Å². The summed E-state index contributed by atoms with van der Waals surface area (Å²) in [6.07, 6.45) is 0.805. The first-order chi connectivity index (χ1) is 7.52. The number of aromatic nitrogens is 1. The van der Waals surface area contributed by atoms with Gasteiger partial charge in [-0.2, -0.15) is 0 Å². The predicted molar refractivity (Wildman–Crippen MR) is 68.2 cm³/mol. The first-order valence-corrected chi connectivity index (χ1v) is 6.02. The maximum Gasteiger partial charge on any atom is 0.206 e. The van der Waals surface area contributed by atoms with Crippen molar-refractivity contribution in [1.82, 2.24) is 5.16 Å². The Bertz CT molecular complexity index is 416. The van der Waals surface area contributed by atoms with Crippen LogP contribution in [0.2, 0.25) is 0 Å². The summed E-state index contributed by atoms with van der Waals surface area (Å²) >= 11 is 0. The number of carbonyl (C=O) groups excluding carboxylic acids is 1. The Morgan fingerprint density at radius 1 is 1.18 bits per heavy atom. The highest BCUT2D eigenvalue weighted by atomic mass is 16.5. The maximum absolute atomic E-state index is 12.3. The summed E-state index contributed by atoms with van der Waals surface area (Å²) < 4.78 is 5.23. The largest absolute Gasteiger partial charge is 0.353 e. The minimum Gasteiger partial charge on any atom is -0.353 e. The van der Waals surface area contributed by atoms with E-state index >= 15 is 0 Å². The topological polar surface area (TPSA) is 43.1 Å². The molecule has 0 aliphatic rings. The SMILES string of the molecule is Cc1noc(C(=O)C(C)(C)C)c1CC(C)(C)C. The highest BCUT2D eigenvalue weighted by Gasteiger charge is 2.31. The fourth-order valence-electron chi connectivity index (χ4n) is 1.65. The summed E-state index contributed by atoms with van der Waals surface area (Å²) in [7, 11) is 0. The molecule has 0 aromatic carbocycles. The van der Waals surface area contributed by atoms with Crippen LogP contribution in [0.5, 0.6) is 0 Å². The second-order valence-corrected chi connectivity index (χ2v) is 6.89. The van der Waals surface area contributed by atoms with Gasteiger partial charge in [-0.15, -0.1) is 0 Å². The lowest BCUT2D eigenvalue weighted by atomic mass is 9.83. The van der Waals surface area contributed by atoms with E-state index < -0.39 is 5.41 Å². The smallest absolute Gasteiger partial charge is 0.206 e. The van der Waals surface area contributed by atoms with Gasteiger partial charge in [0.05, 0.1) is 5.69 Å². The summed E-state index contributed by atoms with van der Waals surface area (Å²) in [6, 6.07) is 0. The van der Waals surface area contributed by atoms with E-state index in [9.17, 15) is 4.79 Å². The van der Waals surface area contributed by atoms with Crippen LogP contribution in [0, 0.1) is 17.8 Å². The third-order valence-electron chi connectivity index (χ3n) is 2.58. The number of carbonyl (C=O) groups is 1. The maximum atomic E-state index is 12.3. The third-order valence-corrected chi connectivity index (χ3v) is 2.58. The summed E-state index contributed by atoms with van der Waals surface area (Å²) in [5.74, 6) is 0.460. The fraction of sp³-hybridized carbons (Fsp3) is 0.714. The van der Waals surface area contributed by atoms with Crippen LogP contribution in [0.25, 0.3) is 0 Å². The summed E-state index contributed by atoms with van der Waals surface area (Å²) in [5, 5.41) is 3.94. The average Bonchev–Trinajstić information content (AvgIpc) is 2.43. The Balaban J connectivity index is 3.15. The first-order valence-electron chi connectivity index (χ1n) is 6.02. The molecule has 96 valence electrons. The Kier molecular flexibility index (Phi) is 3.51. The molecule has 0 saturated carbocycles. The Labute approximate surface area is 104 Å². The van der Waals surface area contributed by atoms with Crippen LogP contribution >= 0.6 is 0 Å². The molecule has 0 bridgehead atoms. The molecule has 1 aromatic rings. The molecule has 1 aromatic heterocycles. The molecule has 0 radical (unpaired) electrons. The third kappa shape index (κ3) is 3.42. The van der Waals surface area contributed by atoms with Crippen molar-refractivity contribution in [3.8, 4) is 0 Å². The van der Waals surface area contributed by atoms with Crippen molar-refractivity contribution in [3.63, 3.8) is 0 Å². The zero-order chi connectivity index (χ0) is 13.4. The molecule has 0 amide bonds. The molecule has 0 spiro atoms. The van der Waals surface area contributed by atoms with Gasteiger partial charge in [-0.1, -0.05) is 46.7 Å². The van der Waals surface area contributed by atoms with Crippen molar-refractivity contribution in [2.24, 2.45) is 10.8 Å². The monoisotopic (exact) mass is 237 g/mol. The molecule has 3 nitrogen and oxygen atoms in total. The zero-order valence-corrected chi connectivity index (χ0v) is 12.0. The standard InChI is InChI=1S/C14H23NO2/c1-9-10(8-13(2,3)4)11(17-15-9)12(16)14(5,6)7/h8H2,1-7H3. The van der Waals surface area contributed by atoms with E-state index in [2.05, 4.69) is 25.9 Å². The van der Waals surface area contributed by atoms with E-state index in [0.717, 1.165) is 17.7 Å². The van der Waals surface area contributed by atoms with Gasteiger partial charge in [0, 0.05) is 11.0 Å². The Hall–Kier alpha value is -1.12. The molecule has 0 aliphatic carbocycles. The number of hydrogen-bond acceptors (Lipinski definition) is 3. The average molecular weight is 237 g/mol. The first kappa shape index (κ1) is 13.9. The van der Waals surface area contributed by atoms with E-state index in [1.165, 1.54) is 0 Å². The highest BCUT2D eigenvalue weighted by molar-refractivity contribution is 5.98. The molecule has 0 unspecified atom stereocenters. The van der Waals surface area contributed by atoms with Gasteiger partial charge in [0.25, 0.3) is 0 Å². The van der Waals surface area contributed by atoms with Crippen molar-refractivity contribution in [2.75, 3.05) is 0 Å². The molecule has 3 heteroatoms. The van der Waals surface area contributed by atoms with Gasteiger partial charge in [-0.25, -0.2) is 0 Å². The molecule has 1 heterocycles. The number of ketones is 1. The van der Waals surface area contributed by atoms with E-state index in [1.807, 2.05) is 27.7 Å². The van der Waals surface area contributed by atoms with Crippen LogP contribution < -0.4 is 0 Å². The van der Waals surface area contributed by atoms with E-state index in [-0.39, 0.29) is 11.2 Å². The lowest BCUT2D eigenvalue weighted by Crippen LogP contribution is -2.22. The zero-order valence-electron chi connectivity index (χ0n) is 12.0. The molecular formula is C14H23NO2. The van der Waals surface area contributed by atoms with Gasteiger partial charge in [0.2, 0.25) is 11.5 Å². The Morgan fingerprint density at radius 2 is 1.71 bits per heavy atom. The van der Waals surface area contributed by atoms with Crippen molar-refractivity contribution in [2.45, 2.75) is 54.9 Å². The molecule has 1 rings (SSSR count). The summed E-state index contributed by atoms with van der Waals surface area (Å²) in [6.45, 7) is 14.0. The molecule has 0 N–H and O–H groups in total. The van der Waals surface area contributed by atoms with Crippen molar-refractivity contribution in [3.05, 3.63) is 17.0 Å². The van der Waals surface area contributed by atoms with Gasteiger partial charge in [0.15, 0.2) is 0 Å². The minimum atomic E-state index is -0.432. The van der Waals surface area contributed by atoms with Crippen molar-refractivity contribution >= 4 is 5.78 Å². The molecule has 17 heavy (non-hydrogen) atoms. The summed E-state index contributed by atoms with van der Waals surface area (Å²) in [4.78, 5) is 12.3. The molecule has 0 fully saturated rings. The van der Waals surface area contributed by atoms with Crippen LogP contribution in [0.4, 0.5) is 0 Å². The fourth-order valence-corrected chi connectivity index (χ4v) is 1.65. The summed E-state index contributed by atoms with van der Waals surface area (Å²) in [5.41, 5.74) is 1.46. The molecule has 0 aliphatic heterocycles. The van der Waals surface area contributed by atoms with Crippen LogP contribution in [0.3, 0.4) is 0 Å². The van der Waals surface area contributed by atoms with Crippen LogP contribution in [-0.2, 0) is 6.42 Å². The number of hydrogen-bond donors (Lipinski definition) is 0. The van der Waals surface area contributed by atoms with Gasteiger partial charge < -0.3 is 4.52 Å².